The van der Waals surface area contributed by atoms with Crippen LogP contribution in [0.2, 0.25) is 5.15 Å². The molecule has 1 aromatic rings. The minimum Gasteiger partial charge on any atom is -0.347 e. The zero-order valence-corrected chi connectivity index (χ0v) is 12.7. The molecule has 4 heteroatoms. The predicted octanol–water partition coefficient (Wildman–Crippen LogP) is 3.76. The first-order valence-electron chi connectivity index (χ1n) is 7.85. The first-order chi connectivity index (χ1) is 10.2. The van der Waals surface area contributed by atoms with Crippen molar-refractivity contribution < 1.29 is 4.79 Å². The van der Waals surface area contributed by atoms with E-state index in [9.17, 15) is 4.79 Å². The highest BCUT2D eigenvalue weighted by Gasteiger charge is 2.48. The fourth-order valence-corrected chi connectivity index (χ4v) is 4.44. The molecule has 0 bridgehead atoms. The molecule has 21 heavy (non-hydrogen) atoms. The lowest BCUT2D eigenvalue weighted by Gasteiger charge is -2.47. The van der Waals surface area contributed by atoms with E-state index < -0.39 is 0 Å². The lowest BCUT2D eigenvalue weighted by molar-refractivity contribution is 0.0579. The average molecular weight is 303 g/mol. The van der Waals surface area contributed by atoms with Crippen LogP contribution in [0.3, 0.4) is 0 Å². The van der Waals surface area contributed by atoms with Gasteiger partial charge in [0, 0.05) is 6.04 Å². The van der Waals surface area contributed by atoms with Crippen molar-refractivity contribution in [3.8, 4) is 0 Å². The third-order valence-electron chi connectivity index (χ3n) is 5.54. The van der Waals surface area contributed by atoms with Gasteiger partial charge in [0.05, 0.1) is 0 Å². The summed E-state index contributed by atoms with van der Waals surface area (Å²) < 4.78 is 0. The number of fused-ring (bicyclic) bond motifs is 1. The van der Waals surface area contributed by atoms with E-state index in [4.69, 9.17) is 11.6 Å². The maximum atomic E-state index is 12.6. The van der Waals surface area contributed by atoms with Gasteiger partial charge in [0.25, 0.3) is 5.91 Å². The Bertz CT molecular complexity index is 632. The number of amides is 1. The molecule has 3 aliphatic rings. The summed E-state index contributed by atoms with van der Waals surface area (Å²) in [6.45, 7) is 0. The van der Waals surface area contributed by atoms with Gasteiger partial charge in [-0.15, -0.1) is 0 Å². The maximum absolute atomic E-state index is 12.6. The van der Waals surface area contributed by atoms with Crippen LogP contribution in [-0.2, 0) is 6.42 Å². The van der Waals surface area contributed by atoms with Crippen LogP contribution in [0, 0.1) is 5.41 Å². The first kappa shape index (κ1) is 13.3. The van der Waals surface area contributed by atoms with Crippen LogP contribution in [0.4, 0.5) is 0 Å². The quantitative estimate of drug-likeness (QED) is 0.845. The van der Waals surface area contributed by atoms with Gasteiger partial charge in [-0.25, -0.2) is 4.98 Å². The highest BCUT2D eigenvalue weighted by Crippen LogP contribution is 2.53. The number of hydrogen-bond acceptors (Lipinski definition) is 2. The molecule has 2 saturated carbocycles. The number of pyridine rings is 1. The van der Waals surface area contributed by atoms with Crippen molar-refractivity contribution in [1.29, 1.82) is 0 Å². The number of rotatable bonds is 2. The highest BCUT2D eigenvalue weighted by molar-refractivity contribution is 6.29. The molecule has 0 aliphatic heterocycles. The van der Waals surface area contributed by atoms with Gasteiger partial charge < -0.3 is 5.32 Å². The Kier molecular flexibility index (Phi) is 3.07. The van der Waals surface area contributed by atoms with Gasteiger partial charge in [0.2, 0.25) is 0 Å². The summed E-state index contributed by atoms with van der Waals surface area (Å²) in [7, 11) is 0. The summed E-state index contributed by atoms with van der Waals surface area (Å²) in [5.74, 6) is -0.0478. The topological polar surface area (TPSA) is 42.0 Å². The molecule has 0 aromatic carbocycles. The van der Waals surface area contributed by atoms with E-state index in [0.29, 0.717) is 22.3 Å². The van der Waals surface area contributed by atoms with E-state index >= 15 is 0 Å². The molecule has 1 amide bonds. The molecule has 1 spiro atoms. The van der Waals surface area contributed by atoms with Gasteiger partial charge in [-0.2, -0.15) is 0 Å². The molecule has 1 unspecified atom stereocenters. The third kappa shape index (κ3) is 2.10. The molecular weight excluding hydrogens is 284 g/mol. The zero-order valence-electron chi connectivity index (χ0n) is 12.0. The van der Waals surface area contributed by atoms with Gasteiger partial charge in [-0.3, -0.25) is 4.79 Å². The van der Waals surface area contributed by atoms with Gasteiger partial charge in [-0.05, 0) is 54.7 Å². The van der Waals surface area contributed by atoms with Crippen molar-refractivity contribution in [2.24, 2.45) is 5.41 Å². The summed E-state index contributed by atoms with van der Waals surface area (Å²) >= 11 is 6.05. The van der Waals surface area contributed by atoms with Gasteiger partial charge >= 0.3 is 0 Å². The van der Waals surface area contributed by atoms with Crippen molar-refractivity contribution >= 4 is 23.6 Å². The van der Waals surface area contributed by atoms with Crippen LogP contribution in [0.1, 0.15) is 60.1 Å². The van der Waals surface area contributed by atoms with Crippen LogP contribution in [0.25, 0.3) is 6.08 Å². The van der Waals surface area contributed by atoms with Crippen LogP contribution in [0.5, 0.6) is 0 Å². The average Bonchev–Trinajstić information content (AvgIpc) is 3.11. The second-order valence-electron chi connectivity index (χ2n) is 6.60. The van der Waals surface area contributed by atoms with Crippen molar-refractivity contribution in [2.45, 2.75) is 51.0 Å². The van der Waals surface area contributed by atoms with E-state index in [2.05, 4.69) is 16.4 Å². The van der Waals surface area contributed by atoms with E-state index in [0.717, 1.165) is 24.0 Å². The van der Waals surface area contributed by atoms with Gasteiger partial charge in [0.1, 0.15) is 10.8 Å². The molecule has 2 fully saturated rings. The largest absolute Gasteiger partial charge is 0.347 e. The monoisotopic (exact) mass is 302 g/mol. The molecule has 0 saturated heterocycles. The Morgan fingerprint density at radius 1 is 1.33 bits per heavy atom. The van der Waals surface area contributed by atoms with Crippen LogP contribution < -0.4 is 5.32 Å². The minimum atomic E-state index is -0.0478. The number of nitrogens with zero attached hydrogens (tertiary/aromatic N) is 1. The summed E-state index contributed by atoms with van der Waals surface area (Å²) in [5, 5.41) is 3.63. The summed E-state index contributed by atoms with van der Waals surface area (Å²) in [4.78, 5) is 16.9. The fourth-order valence-electron chi connectivity index (χ4n) is 4.24. The fraction of sp³-hybridized carbons (Fsp3) is 0.529. The standard InChI is InChI=1S/C17H19ClN2O/c18-14-10-11-4-3-5-12(11)15(20-14)16(21)19-13-6-9-17(13)7-1-2-8-17/h3-4,10,13H,1-2,5-9H2,(H,19,21). The number of allylic oxidation sites excluding steroid dienone is 1. The van der Waals surface area contributed by atoms with Crippen LogP contribution >= 0.6 is 11.6 Å². The predicted molar refractivity (Wildman–Crippen MR) is 83.4 cm³/mol. The summed E-state index contributed by atoms with van der Waals surface area (Å²) in [6.07, 6.45) is 12.4. The number of aromatic nitrogens is 1. The van der Waals surface area contributed by atoms with Crippen molar-refractivity contribution in [2.75, 3.05) is 0 Å². The van der Waals surface area contributed by atoms with Gasteiger partial charge in [0.15, 0.2) is 0 Å². The molecule has 4 rings (SSSR count). The minimum absolute atomic E-state index is 0.0478. The molecule has 1 heterocycles. The third-order valence-corrected chi connectivity index (χ3v) is 5.73. The van der Waals surface area contributed by atoms with Crippen LogP contribution in [-0.4, -0.2) is 16.9 Å². The number of hydrogen-bond donors (Lipinski definition) is 1. The molecule has 3 nitrogen and oxygen atoms in total. The molecule has 3 aliphatic carbocycles. The number of halogens is 1. The summed E-state index contributed by atoms with van der Waals surface area (Å²) in [6, 6.07) is 2.16. The smallest absolute Gasteiger partial charge is 0.270 e. The SMILES string of the molecule is O=C(NC1CCC12CCCC2)c1nc(Cl)cc2c1CC=C2. The first-order valence-corrected chi connectivity index (χ1v) is 8.23. The van der Waals surface area contributed by atoms with Crippen molar-refractivity contribution in [3.63, 3.8) is 0 Å². The number of nitrogens with one attached hydrogen (secondary N) is 1. The molecule has 110 valence electrons. The number of carbonyl (C=O) groups is 1. The van der Waals surface area contributed by atoms with Gasteiger partial charge in [-0.1, -0.05) is 36.6 Å². The van der Waals surface area contributed by atoms with E-state index in [-0.39, 0.29) is 5.91 Å². The molecule has 1 atom stereocenters. The Hall–Kier alpha value is -1.35. The Morgan fingerprint density at radius 2 is 2.14 bits per heavy atom. The molecule has 1 aromatic heterocycles. The Balaban J connectivity index is 1.56. The highest BCUT2D eigenvalue weighted by atomic mass is 35.5. The Morgan fingerprint density at radius 3 is 2.86 bits per heavy atom. The molecular formula is C17H19ClN2O. The second kappa shape index (κ2) is 4.84. The zero-order chi connectivity index (χ0) is 14.4. The summed E-state index contributed by atoms with van der Waals surface area (Å²) in [5.41, 5.74) is 2.94. The van der Waals surface area contributed by atoms with Crippen LogP contribution in [0.15, 0.2) is 12.1 Å². The van der Waals surface area contributed by atoms with Crippen molar-refractivity contribution in [1.82, 2.24) is 10.3 Å². The maximum Gasteiger partial charge on any atom is 0.270 e. The normalized spacial score (nSPS) is 24.9. The lowest BCUT2D eigenvalue weighted by Crippen LogP contribution is -2.54. The lowest BCUT2D eigenvalue weighted by atomic mass is 9.63. The van der Waals surface area contributed by atoms with Crippen molar-refractivity contribution in [3.05, 3.63) is 34.1 Å². The Labute approximate surface area is 129 Å². The van der Waals surface area contributed by atoms with E-state index in [1.165, 1.54) is 32.1 Å². The molecule has 1 N–H and O–H groups in total. The second-order valence-corrected chi connectivity index (χ2v) is 6.99. The molecule has 0 radical (unpaired) electrons. The number of carbonyl (C=O) groups excluding carboxylic acids is 1. The van der Waals surface area contributed by atoms with E-state index in [1.54, 1.807) is 0 Å². The van der Waals surface area contributed by atoms with E-state index in [1.807, 2.05) is 12.1 Å².